The van der Waals surface area contributed by atoms with E-state index in [9.17, 15) is 5.11 Å². The molecule has 0 aromatic heterocycles. The molecule has 0 saturated carbocycles. The molecule has 0 amide bonds. The summed E-state index contributed by atoms with van der Waals surface area (Å²) < 4.78 is 1.01. The Hall–Kier alpha value is -0.0900. The molecule has 0 spiro atoms. The summed E-state index contributed by atoms with van der Waals surface area (Å²) in [6, 6.07) is 6.53. The van der Waals surface area contributed by atoms with Crippen LogP contribution in [-0.2, 0) is 6.54 Å². The zero-order valence-corrected chi connectivity index (χ0v) is 12.9. The number of likely N-dealkylation sites (tertiary alicyclic amines) is 1. The van der Waals surface area contributed by atoms with Gasteiger partial charge in [0.25, 0.3) is 0 Å². The van der Waals surface area contributed by atoms with Crippen LogP contribution in [-0.4, -0.2) is 28.7 Å². The fraction of sp³-hybridized carbons (Fsp3) is 0.571. The lowest BCUT2D eigenvalue weighted by Crippen LogP contribution is -2.31. The highest BCUT2D eigenvalue weighted by Gasteiger charge is 2.25. The highest BCUT2D eigenvalue weighted by Crippen LogP contribution is 2.27. The molecule has 100 valence electrons. The van der Waals surface area contributed by atoms with Gasteiger partial charge in [-0.2, -0.15) is 0 Å². The van der Waals surface area contributed by atoms with Crippen LogP contribution in [0, 0.1) is 0 Å². The average Bonchev–Trinajstić information content (AvgIpc) is 2.69. The van der Waals surface area contributed by atoms with E-state index in [0.717, 1.165) is 34.6 Å². The summed E-state index contributed by atoms with van der Waals surface area (Å²) >= 11 is 9.68. The van der Waals surface area contributed by atoms with Gasteiger partial charge in [0.05, 0.1) is 6.10 Å². The summed E-state index contributed by atoms with van der Waals surface area (Å²) in [6.07, 6.45) is 3.02. The standard InChI is InChI=1S/C14H19BrClNO/c1-10(18)7-13-3-2-6-17(13)9-11-4-5-12(15)8-14(11)16/h4-5,8,10,13,18H,2-3,6-7,9H2,1H3. The van der Waals surface area contributed by atoms with Crippen molar-refractivity contribution in [3.05, 3.63) is 33.3 Å². The smallest absolute Gasteiger partial charge is 0.0527 e. The topological polar surface area (TPSA) is 23.5 Å². The molecule has 1 saturated heterocycles. The average molecular weight is 333 g/mol. The van der Waals surface area contributed by atoms with E-state index in [-0.39, 0.29) is 6.10 Å². The Kier molecular flexibility index (Phi) is 5.07. The van der Waals surface area contributed by atoms with Gasteiger partial charge in [0.15, 0.2) is 0 Å². The molecule has 1 N–H and O–H groups in total. The normalized spacial score (nSPS) is 22.3. The molecule has 0 radical (unpaired) electrons. The van der Waals surface area contributed by atoms with Gasteiger partial charge in [-0.25, -0.2) is 0 Å². The number of nitrogens with zero attached hydrogens (tertiary/aromatic N) is 1. The van der Waals surface area contributed by atoms with Crippen LogP contribution in [0.1, 0.15) is 31.7 Å². The van der Waals surface area contributed by atoms with E-state index in [4.69, 9.17) is 11.6 Å². The minimum Gasteiger partial charge on any atom is -0.393 e. The van der Waals surface area contributed by atoms with Crippen LogP contribution in [0.3, 0.4) is 0 Å². The summed E-state index contributed by atoms with van der Waals surface area (Å²) in [7, 11) is 0. The minimum absolute atomic E-state index is 0.226. The van der Waals surface area contributed by atoms with Crippen molar-refractivity contribution in [1.82, 2.24) is 4.90 Å². The summed E-state index contributed by atoms with van der Waals surface area (Å²) in [6.45, 7) is 3.84. The first-order chi connectivity index (χ1) is 8.56. The summed E-state index contributed by atoms with van der Waals surface area (Å²) in [4.78, 5) is 2.43. The van der Waals surface area contributed by atoms with Crippen molar-refractivity contribution in [3.63, 3.8) is 0 Å². The fourth-order valence-corrected chi connectivity index (χ4v) is 3.37. The Labute approximate surface area is 122 Å². The number of benzene rings is 1. The SMILES string of the molecule is CC(O)CC1CCCN1Cc1ccc(Br)cc1Cl. The minimum atomic E-state index is -0.226. The molecule has 1 aromatic carbocycles. The molecule has 0 aliphatic carbocycles. The molecule has 1 aromatic rings. The lowest BCUT2D eigenvalue weighted by molar-refractivity contribution is 0.131. The van der Waals surface area contributed by atoms with E-state index in [1.54, 1.807) is 0 Å². The van der Waals surface area contributed by atoms with Crippen LogP contribution < -0.4 is 0 Å². The molecule has 1 aliphatic heterocycles. The van der Waals surface area contributed by atoms with Crippen molar-refractivity contribution in [2.45, 2.75) is 44.9 Å². The largest absolute Gasteiger partial charge is 0.393 e. The van der Waals surface area contributed by atoms with Gasteiger partial charge in [-0.3, -0.25) is 4.90 Å². The number of aliphatic hydroxyl groups is 1. The summed E-state index contributed by atoms with van der Waals surface area (Å²) in [5, 5.41) is 10.3. The van der Waals surface area contributed by atoms with Crippen molar-refractivity contribution in [2.75, 3.05) is 6.54 Å². The molecule has 0 bridgehead atoms. The second-order valence-corrected chi connectivity index (χ2v) is 6.41. The monoisotopic (exact) mass is 331 g/mol. The summed E-state index contributed by atoms with van der Waals surface area (Å²) in [5.74, 6) is 0. The highest BCUT2D eigenvalue weighted by molar-refractivity contribution is 9.10. The predicted molar refractivity (Wildman–Crippen MR) is 78.9 cm³/mol. The van der Waals surface area contributed by atoms with E-state index in [0.29, 0.717) is 6.04 Å². The molecular weight excluding hydrogens is 314 g/mol. The van der Waals surface area contributed by atoms with Gasteiger partial charge in [-0.05, 0) is 50.4 Å². The Morgan fingerprint density at radius 3 is 3.00 bits per heavy atom. The van der Waals surface area contributed by atoms with Crippen molar-refractivity contribution in [2.24, 2.45) is 0 Å². The maximum Gasteiger partial charge on any atom is 0.0527 e. The van der Waals surface area contributed by atoms with Crippen LogP contribution in [0.4, 0.5) is 0 Å². The maximum atomic E-state index is 9.53. The number of rotatable bonds is 4. The molecule has 2 nitrogen and oxygen atoms in total. The van der Waals surface area contributed by atoms with Gasteiger partial charge in [0.2, 0.25) is 0 Å². The van der Waals surface area contributed by atoms with Gasteiger partial charge >= 0.3 is 0 Å². The Morgan fingerprint density at radius 2 is 2.33 bits per heavy atom. The van der Waals surface area contributed by atoms with Crippen LogP contribution in [0.15, 0.2) is 22.7 Å². The van der Waals surface area contributed by atoms with Crippen molar-refractivity contribution >= 4 is 27.5 Å². The first kappa shape index (κ1) is 14.3. The van der Waals surface area contributed by atoms with Crippen LogP contribution >= 0.6 is 27.5 Å². The second kappa shape index (κ2) is 6.38. The molecule has 1 fully saturated rings. The lowest BCUT2D eigenvalue weighted by Gasteiger charge is -2.25. The molecule has 2 rings (SSSR count). The fourth-order valence-electron chi connectivity index (χ4n) is 2.63. The zero-order valence-electron chi connectivity index (χ0n) is 10.6. The molecule has 1 aliphatic rings. The molecule has 18 heavy (non-hydrogen) atoms. The Balaban J connectivity index is 2.03. The first-order valence-electron chi connectivity index (χ1n) is 6.42. The molecule has 2 unspecified atom stereocenters. The van der Waals surface area contributed by atoms with Crippen molar-refractivity contribution in [1.29, 1.82) is 0 Å². The number of hydrogen-bond acceptors (Lipinski definition) is 2. The molecule has 1 heterocycles. The maximum absolute atomic E-state index is 9.53. The van der Waals surface area contributed by atoms with Gasteiger partial charge in [0.1, 0.15) is 0 Å². The van der Waals surface area contributed by atoms with Crippen LogP contribution in [0.25, 0.3) is 0 Å². The van der Waals surface area contributed by atoms with Crippen molar-refractivity contribution < 1.29 is 5.11 Å². The summed E-state index contributed by atoms with van der Waals surface area (Å²) in [5.41, 5.74) is 1.16. The van der Waals surface area contributed by atoms with Crippen LogP contribution in [0.5, 0.6) is 0 Å². The van der Waals surface area contributed by atoms with E-state index < -0.39 is 0 Å². The molecular formula is C14H19BrClNO. The second-order valence-electron chi connectivity index (χ2n) is 5.09. The third kappa shape index (κ3) is 3.70. The number of hydrogen-bond donors (Lipinski definition) is 1. The third-order valence-electron chi connectivity index (χ3n) is 3.50. The quantitative estimate of drug-likeness (QED) is 0.905. The van der Waals surface area contributed by atoms with Crippen LogP contribution in [0.2, 0.25) is 5.02 Å². The Morgan fingerprint density at radius 1 is 1.56 bits per heavy atom. The molecule has 2 atom stereocenters. The predicted octanol–water partition coefficient (Wildman–Crippen LogP) is 3.84. The first-order valence-corrected chi connectivity index (χ1v) is 7.59. The third-order valence-corrected chi connectivity index (χ3v) is 4.35. The number of aliphatic hydroxyl groups excluding tert-OH is 1. The van der Waals surface area contributed by atoms with Gasteiger partial charge in [-0.1, -0.05) is 33.6 Å². The lowest BCUT2D eigenvalue weighted by atomic mass is 10.1. The number of halogens is 2. The van der Waals surface area contributed by atoms with Gasteiger partial charge in [-0.15, -0.1) is 0 Å². The molecule has 4 heteroatoms. The highest BCUT2D eigenvalue weighted by atomic mass is 79.9. The zero-order chi connectivity index (χ0) is 13.1. The van der Waals surface area contributed by atoms with Crippen molar-refractivity contribution in [3.8, 4) is 0 Å². The Bertz CT molecular complexity index is 411. The van der Waals surface area contributed by atoms with E-state index >= 15 is 0 Å². The van der Waals surface area contributed by atoms with E-state index in [1.807, 2.05) is 19.1 Å². The van der Waals surface area contributed by atoms with Gasteiger partial charge < -0.3 is 5.11 Å². The van der Waals surface area contributed by atoms with E-state index in [1.165, 1.54) is 12.8 Å². The van der Waals surface area contributed by atoms with Gasteiger partial charge in [0, 0.05) is 22.1 Å². The van der Waals surface area contributed by atoms with E-state index in [2.05, 4.69) is 26.9 Å².